The molecular weight excluding hydrogens is 682 g/mol. The van der Waals surface area contributed by atoms with E-state index >= 15 is 0 Å². The summed E-state index contributed by atoms with van der Waals surface area (Å²) in [7, 11) is 0. The third-order valence-corrected chi connectivity index (χ3v) is 8.53. The van der Waals surface area contributed by atoms with Crippen LogP contribution in [0.15, 0.2) is 12.2 Å². The number of nitrogens with two attached hydrogens (primary N) is 1. The number of carbonyl (C=O) groups excluding carboxylic acids is 7. The Hall–Kier alpha value is -3.85. The van der Waals surface area contributed by atoms with Crippen molar-refractivity contribution in [2.75, 3.05) is 26.2 Å². The summed E-state index contributed by atoms with van der Waals surface area (Å²) in [5.74, 6) is -3.46. The molecule has 0 saturated heterocycles. The Labute approximate surface area is 316 Å². The molecule has 3 unspecified atom stereocenters. The molecule has 6 amide bonds. The number of nitrogens with one attached hydrogen (secondary N) is 6. The number of hydrogen-bond acceptors (Lipinski definition) is 9. The Morgan fingerprint density at radius 3 is 1.92 bits per heavy atom. The number of Topliss-reactive ketones (excluding diaryl/α,β-unsaturated/α-hetero) is 1. The fourth-order valence-electron chi connectivity index (χ4n) is 5.36. The van der Waals surface area contributed by atoms with Gasteiger partial charge in [-0.3, -0.25) is 33.6 Å². The van der Waals surface area contributed by atoms with Gasteiger partial charge in [0.15, 0.2) is 5.78 Å². The summed E-state index contributed by atoms with van der Waals surface area (Å²) in [6.45, 7) is 14.6. The average Bonchev–Trinajstić information content (AvgIpc) is 3.06. The van der Waals surface area contributed by atoms with Gasteiger partial charge in [0.05, 0.1) is 38.3 Å². The fraction of sp³-hybridized carbons (Fsp3) is 0.763. The van der Waals surface area contributed by atoms with E-state index in [1.165, 1.54) is 32.8 Å². The molecule has 3 atom stereocenters. The minimum atomic E-state index is -1.49. The number of aliphatic hydroxyl groups excluding tert-OH is 1. The predicted octanol–water partition coefficient (Wildman–Crippen LogP) is 1.51. The highest BCUT2D eigenvalue weighted by atomic mass is 16.3. The molecule has 0 aliphatic rings. The number of aliphatic hydroxyl groups is 1. The van der Waals surface area contributed by atoms with Gasteiger partial charge in [0.1, 0.15) is 11.6 Å². The Balaban J connectivity index is 4.90. The lowest BCUT2D eigenvalue weighted by Crippen LogP contribution is -2.60. The third kappa shape index (κ3) is 22.1. The second kappa shape index (κ2) is 25.2. The molecule has 0 rings (SSSR count). The molecule has 0 aromatic carbocycles. The Morgan fingerprint density at radius 1 is 0.736 bits per heavy atom. The van der Waals surface area contributed by atoms with Crippen LogP contribution in [0.2, 0.25) is 0 Å². The first kappa shape index (κ1) is 49.1. The van der Waals surface area contributed by atoms with E-state index in [0.29, 0.717) is 12.8 Å². The highest BCUT2D eigenvalue weighted by molar-refractivity contribution is 5.96. The van der Waals surface area contributed by atoms with Gasteiger partial charge < -0.3 is 42.7 Å². The molecule has 15 heteroatoms. The summed E-state index contributed by atoms with van der Waals surface area (Å²) in [6.07, 6.45) is 10.4. The van der Waals surface area contributed by atoms with Gasteiger partial charge in [0, 0.05) is 5.41 Å². The van der Waals surface area contributed by atoms with Gasteiger partial charge in [0.2, 0.25) is 35.4 Å². The molecule has 0 aliphatic heterocycles. The summed E-state index contributed by atoms with van der Waals surface area (Å²) >= 11 is 0. The van der Waals surface area contributed by atoms with Crippen molar-refractivity contribution in [2.24, 2.45) is 23.0 Å². The lowest BCUT2D eigenvalue weighted by molar-refractivity contribution is -0.135. The molecule has 0 aromatic heterocycles. The molecule has 0 radical (unpaired) electrons. The second-order valence-corrected chi connectivity index (χ2v) is 15.8. The van der Waals surface area contributed by atoms with Gasteiger partial charge in [-0.1, -0.05) is 80.2 Å². The Kier molecular flexibility index (Phi) is 23.4. The van der Waals surface area contributed by atoms with Crippen LogP contribution >= 0.6 is 0 Å². The first-order valence-electron chi connectivity index (χ1n) is 19.0. The predicted molar refractivity (Wildman–Crippen MR) is 205 cm³/mol. The molecule has 15 nitrogen and oxygen atoms in total. The average molecular weight is 752 g/mol. The monoisotopic (exact) mass is 752 g/mol. The number of hydrogen-bond donors (Lipinski definition) is 8. The fourth-order valence-corrected chi connectivity index (χ4v) is 5.36. The van der Waals surface area contributed by atoms with Crippen LogP contribution < -0.4 is 37.6 Å². The molecule has 9 N–H and O–H groups in total. The zero-order valence-electron chi connectivity index (χ0n) is 33.6. The molecule has 0 aliphatic carbocycles. The van der Waals surface area contributed by atoms with Crippen LogP contribution in [-0.2, 0) is 33.6 Å². The van der Waals surface area contributed by atoms with E-state index in [2.05, 4.69) is 38.8 Å². The first-order valence-corrected chi connectivity index (χ1v) is 19.0. The highest BCUT2D eigenvalue weighted by Gasteiger charge is 2.36. The van der Waals surface area contributed by atoms with Gasteiger partial charge in [0.25, 0.3) is 0 Å². The SMILES string of the molecule is CCCCCCC/C=C/C(=O)NCC(=O)NCC(=O)C(C)(C)CC(N)C(=O)NC(C)(C)C(=O)NCC(=O)NC(CC(C)C)C(=O)NC(CO)CC(C)C. The lowest BCUT2D eigenvalue weighted by Gasteiger charge is -2.30. The standard InChI is InChI=1S/C38H69N7O8/c1-10-11-12-13-14-15-16-17-31(48)41-22-32(49)40-21-30(47)37(6,7)20-28(39)34(51)45-38(8,9)36(53)42-23-33(50)44-29(19-26(4)5)35(52)43-27(24-46)18-25(2)3/h16-17,25-29,46H,10-15,18-24,39H2,1-9H3,(H,40,49)(H,41,48)(H,42,53)(H,43,52)(H,44,50)(H,45,51)/b17-16+. The van der Waals surface area contributed by atoms with Crippen LogP contribution in [0.3, 0.4) is 0 Å². The molecular formula is C38H69N7O8. The molecule has 304 valence electrons. The van der Waals surface area contributed by atoms with Gasteiger partial charge in [-0.2, -0.15) is 0 Å². The van der Waals surface area contributed by atoms with E-state index in [-0.39, 0.29) is 43.7 Å². The van der Waals surface area contributed by atoms with Crippen molar-refractivity contribution in [3.63, 3.8) is 0 Å². The first-order chi connectivity index (χ1) is 24.6. The van der Waals surface area contributed by atoms with Gasteiger partial charge in [-0.15, -0.1) is 0 Å². The van der Waals surface area contributed by atoms with Crippen LogP contribution in [0.5, 0.6) is 0 Å². The second-order valence-electron chi connectivity index (χ2n) is 15.8. The lowest BCUT2D eigenvalue weighted by atomic mass is 9.81. The van der Waals surface area contributed by atoms with E-state index in [4.69, 9.17) is 5.73 Å². The van der Waals surface area contributed by atoms with E-state index in [0.717, 1.165) is 25.7 Å². The van der Waals surface area contributed by atoms with E-state index in [1.807, 2.05) is 27.7 Å². The summed E-state index contributed by atoms with van der Waals surface area (Å²) in [6, 6.07) is -2.53. The number of ketones is 1. The van der Waals surface area contributed by atoms with Gasteiger partial charge in [-0.25, -0.2) is 0 Å². The minimum absolute atomic E-state index is 0.0667. The summed E-state index contributed by atoms with van der Waals surface area (Å²) in [5, 5.41) is 25.1. The summed E-state index contributed by atoms with van der Waals surface area (Å²) in [5.41, 5.74) is 3.51. The molecule has 53 heavy (non-hydrogen) atoms. The zero-order chi connectivity index (χ0) is 40.8. The van der Waals surface area contributed by atoms with Crippen molar-refractivity contribution >= 4 is 41.2 Å². The maximum Gasteiger partial charge on any atom is 0.245 e. The number of allylic oxidation sites excluding steroid dienone is 1. The van der Waals surface area contributed by atoms with Crippen molar-refractivity contribution in [2.45, 2.75) is 144 Å². The number of carbonyl (C=O) groups is 7. The molecule has 0 spiro atoms. The van der Waals surface area contributed by atoms with Crippen molar-refractivity contribution in [3.05, 3.63) is 12.2 Å². The smallest absolute Gasteiger partial charge is 0.245 e. The van der Waals surface area contributed by atoms with E-state index in [1.54, 1.807) is 19.9 Å². The van der Waals surface area contributed by atoms with Crippen molar-refractivity contribution in [3.8, 4) is 0 Å². The Morgan fingerprint density at radius 2 is 1.34 bits per heavy atom. The molecule has 0 bridgehead atoms. The topological polar surface area (TPSA) is 238 Å². The van der Waals surface area contributed by atoms with Crippen LogP contribution in [0.4, 0.5) is 0 Å². The molecule has 0 saturated carbocycles. The maximum absolute atomic E-state index is 13.0. The normalized spacial score (nSPS) is 13.6. The molecule has 0 fully saturated rings. The van der Waals surface area contributed by atoms with Crippen molar-refractivity contribution < 1.29 is 38.7 Å². The van der Waals surface area contributed by atoms with Gasteiger partial charge in [-0.05, 0) is 63.9 Å². The zero-order valence-corrected chi connectivity index (χ0v) is 33.6. The van der Waals surface area contributed by atoms with Crippen LogP contribution in [0, 0.1) is 17.3 Å². The number of rotatable bonds is 27. The van der Waals surface area contributed by atoms with Crippen LogP contribution in [-0.4, -0.2) is 96.2 Å². The Bertz CT molecular complexity index is 1230. The van der Waals surface area contributed by atoms with Crippen LogP contribution in [0.25, 0.3) is 0 Å². The van der Waals surface area contributed by atoms with E-state index in [9.17, 15) is 38.7 Å². The summed E-state index contributed by atoms with van der Waals surface area (Å²) in [4.78, 5) is 88.8. The van der Waals surface area contributed by atoms with Crippen molar-refractivity contribution in [1.29, 1.82) is 0 Å². The minimum Gasteiger partial charge on any atom is -0.394 e. The van der Waals surface area contributed by atoms with Crippen molar-refractivity contribution in [1.82, 2.24) is 31.9 Å². The number of amides is 6. The van der Waals surface area contributed by atoms with E-state index < -0.39 is 71.1 Å². The van der Waals surface area contributed by atoms with Crippen LogP contribution in [0.1, 0.15) is 120 Å². The highest BCUT2D eigenvalue weighted by Crippen LogP contribution is 2.23. The molecule has 0 aromatic rings. The molecule has 0 heterocycles. The largest absolute Gasteiger partial charge is 0.394 e. The quantitative estimate of drug-likeness (QED) is 0.0448. The maximum atomic E-state index is 13.0. The summed E-state index contributed by atoms with van der Waals surface area (Å²) < 4.78 is 0. The third-order valence-electron chi connectivity index (χ3n) is 8.53. The van der Waals surface area contributed by atoms with Gasteiger partial charge >= 0.3 is 0 Å². The number of unbranched alkanes of at least 4 members (excludes halogenated alkanes) is 5.